The lowest BCUT2D eigenvalue weighted by atomic mass is 9.96. The smallest absolute Gasteiger partial charge is 0.135 e. The number of aromatic nitrogens is 2. The van der Waals surface area contributed by atoms with Crippen LogP contribution in [0, 0.1) is 6.92 Å². The van der Waals surface area contributed by atoms with E-state index in [4.69, 9.17) is 4.98 Å². The largest absolute Gasteiger partial charge is 0.354 e. The van der Waals surface area contributed by atoms with Crippen molar-refractivity contribution in [1.82, 2.24) is 15.3 Å². The van der Waals surface area contributed by atoms with Gasteiger partial charge in [0.15, 0.2) is 0 Å². The Morgan fingerprint density at radius 3 is 2.65 bits per heavy atom. The van der Waals surface area contributed by atoms with Gasteiger partial charge >= 0.3 is 0 Å². The molecule has 0 bridgehead atoms. The highest BCUT2D eigenvalue weighted by Gasteiger charge is 2.21. The molecule has 0 unspecified atom stereocenters. The van der Waals surface area contributed by atoms with Gasteiger partial charge in [-0.05, 0) is 32.6 Å². The van der Waals surface area contributed by atoms with E-state index in [0.29, 0.717) is 0 Å². The molecule has 1 aliphatic carbocycles. The van der Waals surface area contributed by atoms with Gasteiger partial charge in [0, 0.05) is 37.4 Å². The van der Waals surface area contributed by atoms with Crippen LogP contribution in [0.5, 0.6) is 0 Å². The Kier molecular flexibility index (Phi) is 2.97. The summed E-state index contributed by atoms with van der Waals surface area (Å²) in [7, 11) is 0. The van der Waals surface area contributed by atoms with Crippen LogP contribution in [0.3, 0.4) is 0 Å². The van der Waals surface area contributed by atoms with E-state index in [1.807, 2.05) is 6.92 Å². The van der Waals surface area contributed by atoms with E-state index in [-0.39, 0.29) is 0 Å². The van der Waals surface area contributed by atoms with Crippen molar-refractivity contribution >= 4 is 5.82 Å². The second kappa shape index (κ2) is 4.61. The van der Waals surface area contributed by atoms with Crippen molar-refractivity contribution in [1.29, 1.82) is 0 Å². The van der Waals surface area contributed by atoms with Gasteiger partial charge in [-0.2, -0.15) is 0 Å². The highest BCUT2D eigenvalue weighted by molar-refractivity contribution is 5.50. The Hall–Kier alpha value is -1.16. The van der Waals surface area contributed by atoms with Gasteiger partial charge in [-0.15, -0.1) is 0 Å². The van der Waals surface area contributed by atoms with Gasteiger partial charge in [0.2, 0.25) is 0 Å². The van der Waals surface area contributed by atoms with Crippen LogP contribution in [0.15, 0.2) is 0 Å². The predicted octanol–water partition coefficient (Wildman–Crippen LogP) is 1.07. The Morgan fingerprint density at radius 2 is 1.82 bits per heavy atom. The van der Waals surface area contributed by atoms with Crippen LogP contribution in [0.1, 0.15) is 29.9 Å². The molecule has 92 valence electrons. The summed E-state index contributed by atoms with van der Waals surface area (Å²) in [6.45, 7) is 6.29. The fourth-order valence-electron chi connectivity index (χ4n) is 2.83. The topological polar surface area (TPSA) is 41.1 Å². The minimum atomic E-state index is 0.930. The molecule has 1 N–H and O–H groups in total. The number of anilines is 1. The van der Waals surface area contributed by atoms with E-state index in [9.17, 15) is 0 Å². The van der Waals surface area contributed by atoms with Crippen LogP contribution in [0.25, 0.3) is 0 Å². The molecule has 0 radical (unpaired) electrons. The molecule has 4 nitrogen and oxygen atoms in total. The van der Waals surface area contributed by atoms with E-state index in [1.54, 1.807) is 0 Å². The number of fused-ring (bicyclic) bond motifs is 1. The van der Waals surface area contributed by atoms with Gasteiger partial charge in [0.25, 0.3) is 0 Å². The van der Waals surface area contributed by atoms with Gasteiger partial charge in [-0.1, -0.05) is 0 Å². The van der Waals surface area contributed by atoms with Crippen molar-refractivity contribution in [3.63, 3.8) is 0 Å². The quantitative estimate of drug-likeness (QED) is 0.786. The highest BCUT2D eigenvalue weighted by Crippen LogP contribution is 2.28. The summed E-state index contributed by atoms with van der Waals surface area (Å²) in [4.78, 5) is 11.7. The van der Waals surface area contributed by atoms with Gasteiger partial charge in [-0.3, -0.25) is 0 Å². The summed E-state index contributed by atoms with van der Waals surface area (Å²) in [5.74, 6) is 2.15. The van der Waals surface area contributed by atoms with Crippen molar-refractivity contribution in [3.05, 3.63) is 17.1 Å². The molecule has 2 aliphatic rings. The third kappa shape index (κ3) is 2.14. The van der Waals surface area contributed by atoms with Crippen molar-refractivity contribution in [2.45, 2.75) is 32.6 Å². The van der Waals surface area contributed by atoms with Crippen molar-refractivity contribution in [3.8, 4) is 0 Å². The average molecular weight is 232 g/mol. The Balaban J connectivity index is 1.98. The molecule has 0 aromatic carbocycles. The molecule has 1 aromatic rings. The summed E-state index contributed by atoms with van der Waals surface area (Å²) < 4.78 is 0. The van der Waals surface area contributed by atoms with Crippen LogP contribution >= 0.6 is 0 Å². The molecule has 1 saturated heterocycles. The normalized spacial score (nSPS) is 20.2. The molecule has 3 rings (SSSR count). The zero-order valence-electron chi connectivity index (χ0n) is 10.5. The molecule has 0 spiro atoms. The summed E-state index contributed by atoms with van der Waals surface area (Å²) in [5, 5.41) is 3.39. The monoisotopic (exact) mass is 232 g/mol. The van der Waals surface area contributed by atoms with Crippen LogP contribution in [0.2, 0.25) is 0 Å². The third-order valence-electron chi connectivity index (χ3n) is 3.69. The fourth-order valence-corrected chi connectivity index (χ4v) is 2.83. The summed E-state index contributed by atoms with van der Waals surface area (Å²) in [6, 6.07) is 0. The Bertz CT molecular complexity index is 410. The predicted molar refractivity (Wildman–Crippen MR) is 68.5 cm³/mol. The van der Waals surface area contributed by atoms with Crippen molar-refractivity contribution in [2.24, 2.45) is 0 Å². The minimum absolute atomic E-state index is 0.930. The van der Waals surface area contributed by atoms with Crippen LogP contribution in [0.4, 0.5) is 5.82 Å². The molecule has 0 amide bonds. The van der Waals surface area contributed by atoms with E-state index in [0.717, 1.165) is 44.8 Å². The van der Waals surface area contributed by atoms with E-state index in [2.05, 4.69) is 15.2 Å². The van der Waals surface area contributed by atoms with Crippen LogP contribution in [-0.2, 0) is 12.8 Å². The maximum absolute atomic E-state index is 4.70. The van der Waals surface area contributed by atoms with E-state index < -0.39 is 0 Å². The van der Waals surface area contributed by atoms with E-state index >= 15 is 0 Å². The Labute approximate surface area is 102 Å². The number of rotatable bonds is 1. The molecular formula is C13H20N4. The first-order valence-electron chi connectivity index (χ1n) is 6.66. The molecule has 0 saturated carbocycles. The number of piperazine rings is 1. The Morgan fingerprint density at radius 1 is 1.06 bits per heavy atom. The SMILES string of the molecule is Cc1nc2c(c(N3CCNCC3)n1)CCCC2. The van der Waals surface area contributed by atoms with Gasteiger partial charge in [0.1, 0.15) is 11.6 Å². The van der Waals surface area contributed by atoms with Crippen molar-refractivity contribution in [2.75, 3.05) is 31.1 Å². The van der Waals surface area contributed by atoms with Crippen LogP contribution < -0.4 is 10.2 Å². The van der Waals surface area contributed by atoms with Crippen molar-refractivity contribution < 1.29 is 0 Å². The first-order valence-corrected chi connectivity index (χ1v) is 6.66. The number of nitrogens with zero attached hydrogens (tertiary/aromatic N) is 3. The minimum Gasteiger partial charge on any atom is -0.354 e. The van der Waals surface area contributed by atoms with Gasteiger partial charge in [0.05, 0.1) is 0 Å². The zero-order valence-corrected chi connectivity index (χ0v) is 10.5. The lowest BCUT2D eigenvalue weighted by molar-refractivity contribution is 0.575. The number of aryl methyl sites for hydroxylation is 2. The fraction of sp³-hybridized carbons (Fsp3) is 0.692. The summed E-state index contributed by atoms with van der Waals surface area (Å²) >= 11 is 0. The standard InChI is InChI=1S/C13H20N4/c1-10-15-12-5-3-2-4-11(12)13(16-10)17-8-6-14-7-9-17/h14H,2-9H2,1H3. The molecule has 0 atom stereocenters. The van der Waals surface area contributed by atoms with E-state index in [1.165, 1.54) is 29.9 Å². The summed E-state index contributed by atoms with van der Waals surface area (Å²) in [6.07, 6.45) is 4.87. The van der Waals surface area contributed by atoms with Crippen LogP contribution in [-0.4, -0.2) is 36.1 Å². The second-order valence-electron chi connectivity index (χ2n) is 4.96. The molecule has 17 heavy (non-hydrogen) atoms. The third-order valence-corrected chi connectivity index (χ3v) is 3.69. The van der Waals surface area contributed by atoms with Gasteiger partial charge in [-0.25, -0.2) is 9.97 Å². The average Bonchev–Trinajstić information content (AvgIpc) is 2.39. The van der Waals surface area contributed by atoms with Gasteiger partial charge < -0.3 is 10.2 Å². The maximum atomic E-state index is 4.70. The molecule has 1 aromatic heterocycles. The summed E-state index contributed by atoms with van der Waals surface area (Å²) in [5.41, 5.74) is 2.72. The number of hydrogen-bond acceptors (Lipinski definition) is 4. The first kappa shape index (κ1) is 11.0. The first-order chi connectivity index (χ1) is 8.34. The highest BCUT2D eigenvalue weighted by atomic mass is 15.2. The lowest BCUT2D eigenvalue weighted by Gasteiger charge is -2.31. The molecule has 1 fully saturated rings. The molecule has 4 heteroatoms. The maximum Gasteiger partial charge on any atom is 0.135 e. The molecule has 2 heterocycles. The second-order valence-corrected chi connectivity index (χ2v) is 4.96. The molecule has 1 aliphatic heterocycles. The molecular weight excluding hydrogens is 212 g/mol. The number of nitrogens with one attached hydrogen (secondary N) is 1. The zero-order chi connectivity index (χ0) is 11.7. The lowest BCUT2D eigenvalue weighted by Crippen LogP contribution is -2.44. The number of hydrogen-bond donors (Lipinski definition) is 1.